The Kier molecular flexibility index (Phi) is 3.66. The number of nitrogens with zero attached hydrogens (tertiary/aromatic N) is 2. The van der Waals surface area contributed by atoms with Crippen LogP contribution in [0.2, 0.25) is 0 Å². The van der Waals surface area contributed by atoms with Gasteiger partial charge in [0.15, 0.2) is 5.13 Å². The molecule has 112 valence electrons. The number of morpholine rings is 1. The third kappa shape index (κ3) is 2.79. The van der Waals surface area contributed by atoms with Gasteiger partial charge in [-0.1, -0.05) is 30.6 Å². The summed E-state index contributed by atoms with van der Waals surface area (Å²) in [5, 5.41) is 0.463. The Labute approximate surface area is 119 Å². The lowest BCUT2D eigenvalue weighted by molar-refractivity contribution is -0.134. The van der Waals surface area contributed by atoms with Gasteiger partial charge in [-0.3, -0.25) is 0 Å². The third-order valence-corrected chi connectivity index (χ3v) is 5.16. The molecule has 2 aliphatic rings. The topological polar surface area (TPSA) is 25.4 Å². The Morgan fingerprint density at radius 3 is 2.65 bits per heavy atom. The second-order valence-electron chi connectivity index (χ2n) is 5.52. The van der Waals surface area contributed by atoms with Gasteiger partial charge in [-0.25, -0.2) is 4.98 Å². The fourth-order valence-corrected chi connectivity index (χ4v) is 3.86. The van der Waals surface area contributed by atoms with Crippen LogP contribution in [-0.4, -0.2) is 30.3 Å². The quantitative estimate of drug-likeness (QED) is 0.791. The number of aromatic nitrogens is 1. The Hall–Kier alpha value is -0.820. The molecule has 1 spiro atoms. The Morgan fingerprint density at radius 2 is 2.00 bits per heavy atom. The van der Waals surface area contributed by atoms with Crippen molar-refractivity contribution in [2.45, 2.75) is 43.9 Å². The molecule has 2 heterocycles. The van der Waals surface area contributed by atoms with Crippen molar-refractivity contribution in [3.05, 3.63) is 11.1 Å². The zero-order chi connectivity index (χ0) is 14.2. The second-order valence-corrected chi connectivity index (χ2v) is 6.53. The zero-order valence-corrected chi connectivity index (χ0v) is 11.9. The van der Waals surface area contributed by atoms with E-state index in [1.165, 1.54) is 6.42 Å². The first-order chi connectivity index (χ1) is 9.49. The minimum Gasteiger partial charge on any atom is -0.371 e. The van der Waals surface area contributed by atoms with Crippen molar-refractivity contribution in [2.75, 3.05) is 24.6 Å². The lowest BCUT2D eigenvalue weighted by atomic mass is 9.83. The average molecular weight is 306 g/mol. The summed E-state index contributed by atoms with van der Waals surface area (Å²) in [5.74, 6) is 0. The molecule has 1 aliphatic carbocycles. The summed E-state index contributed by atoms with van der Waals surface area (Å²) in [6.07, 6.45) is 2.13. The van der Waals surface area contributed by atoms with E-state index in [9.17, 15) is 13.2 Å². The minimum atomic E-state index is -4.30. The SMILES string of the molecule is FC(F)(F)c1cnc(N2CCOC3(CCCCC3)C2)s1. The van der Waals surface area contributed by atoms with E-state index < -0.39 is 11.1 Å². The van der Waals surface area contributed by atoms with Crippen LogP contribution >= 0.6 is 11.3 Å². The highest BCUT2D eigenvalue weighted by atomic mass is 32.1. The number of halogens is 3. The summed E-state index contributed by atoms with van der Waals surface area (Å²) in [6.45, 7) is 1.85. The second kappa shape index (κ2) is 5.18. The molecule has 1 aromatic rings. The molecule has 7 heteroatoms. The number of ether oxygens (including phenoxy) is 1. The smallest absolute Gasteiger partial charge is 0.371 e. The van der Waals surface area contributed by atoms with Crippen LogP contribution in [0.1, 0.15) is 37.0 Å². The molecule has 1 aromatic heterocycles. The van der Waals surface area contributed by atoms with Crippen molar-refractivity contribution in [1.29, 1.82) is 0 Å². The number of hydrogen-bond acceptors (Lipinski definition) is 4. The molecule has 0 N–H and O–H groups in total. The number of rotatable bonds is 1. The number of alkyl halides is 3. The third-order valence-electron chi connectivity index (χ3n) is 4.06. The van der Waals surface area contributed by atoms with Crippen LogP contribution in [0.15, 0.2) is 6.20 Å². The van der Waals surface area contributed by atoms with Crippen LogP contribution in [0, 0.1) is 0 Å². The molecule has 1 saturated carbocycles. The summed E-state index contributed by atoms with van der Waals surface area (Å²) >= 11 is 0.728. The standard InChI is InChI=1S/C13H17F3N2OS/c14-13(15,16)10-8-17-11(20-10)18-6-7-19-12(9-18)4-2-1-3-5-12/h8H,1-7,9H2. The van der Waals surface area contributed by atoms with E-state index >= 15 is 0 Å². The molecule has 1 aliphatic heterocycles. The van der Waals surface area contributed by atoms with E-state index in [0.717, 1.165) is 43.2 Å². The highest BCUT2D eigenvalue weighted by molar-refractivity contribution is 7.15. The molecular formula is C13H17F3N2OS. The number of anilines is 1. The molecule has 0 bridgehead atoms. The fraction of sp³-hybridized carbons (Fsp3) is 0.769. The number of hydrogen-bond donors (Lipinski definition) is 0. The molecule has 1 saturated heterocycles. The van der Waals surface area contributed by atoms with Crippen LogP contribution < -0.4 is 4.90 Å². The molecule has 3 rings (SSSR count). The lowest BCUT2D eigenvalue weighted by Crippen LogP contribution is -2.52. The van der Waals surface area contributed by atoms with Gasteiger partial charge in [-0.05, 0) is 12.8 Å². The van der Waals surface area contributed by atoms with Gasteiger partial charge in [-0.15, -0.1) is 0 Å². The van der Waals surface area contributed by atoms with Crippen molar-refractivity contribution in [1.82, 2.24) is 4.98 Å². The first-order valence-electron chi connectivity index (χ1n) is 6.91. The average Bonchev–Trinajstić information content (AvgIpc) is 2.89. The molecule has 3 nitrogen and oxygen atoms in total. The van der Waals surface area contributed by atoms with Gasteiger partial charge in [-0.2, -0.15) is 13.2 Å². The summed E-state index contributed by atoms with van der Waals surface area (Å²) < 4.78 is 43.9. The summed E-state index contributed by atoms with van der Waals surface area (Å²) in [4.78, 5) is 5.28. The number of thiazole rings is 1. The van der Waals surface area contributed by atoms with Gasteiger partial charge >= 0.3 is 6.18 Å². The maximum atomic E-state index is 12.6. The fourth-order valence-electron chi connectivity index (χ4n) is 3.05. The predicted molar refractivity (Wildman–Crippen MR) is 71.1 cm³/mol. The highest BCUT2D eigenvalue weighted by Crippen LogP contribution is 2.39. The van der Waals surface area contributed by atoms with Crippen molar-refractivity contribution < 1.29 is 17.9 Å². The van der Waals surface area contributed by atoms with Gasteiger partial charge in [0, 0.05) is 13.1 Å². The van der Waals surface area contributed by atoms with E-state index in [4.69, 9.17) is 4.74 Å². The molecule has 0 unspecified atom stereocenters. The molecule has 0 radical (unpaired) electrons. The van der Waals surface area contributed by atoms with E-state index in [2.05, 4.69) is 4.98 Å². The van der Waals surface area contributed by atoms with Gasteiger partial charge in [0.05, 0.1) is 18.4 Å². The normalized spacial score (nSPS) is 23.2. The van der Waals surface area contributed by atoms with Crippen molar-refractivity contribution in [3.8, 4) is 0 Å². The van der Waals surface area contributed by atoms with E-state index in [1.807, 2.05) is 4.90 Å². The van der Waals surface area contributed by atoms with Gasteiger partial charge in [0.25, 0.3) is 0 Å². The minimum absolute atomic E-state index is 0.166. The molecule has 2 fully saturated rings. The van der Waals surface area contributed by atoms with Gasteiger partial charge in [0.2, 0.25) is 0 Å². The van der Waals surface area contributed by atoms with Crippen molar-refractivity contribution >= 4 is 16.5 Å². The molecule has 0 atom stereocenters. The molecule has 0 aromatic carbocycles. The first-order valence-corrected chi connectivity index (χ1v) is 7.72. The summed E-state index contributed by atoms with van der Waals surface area (Å²) in [6, 6.07) is 0. The van der Waals surface area contributed by atoms with Crippen LogP contribution in [0.5, 0.6) is 0 Å². The largest absolute Gasteiger partial charge is 0.427 e. The van der Waals surface area contributed by atoms with Crippen molar-refractivity contribution in [2.24, 2.45) is 0 Å². The summed E-state index contributed by atoms with van der Waals surface area (Å²) in [5.41, 5.74) is -0.166. The van der Waals surface area contributed by atoms with Crippen LogP contribution in [0.25, 0.3) is 0 Å². The Balaban J connectivity index is 1.75. The van der Waals surface area contributed by atoms with Crippen LogP contribution in [0.4, 0.5) is 18.3 Å². The van der Waals surface area contributed by atoms with Crippen molar-refractivity contribution in [3.63, 3.8) is 0 Å². The monoisotopic (exact) mass is 306 g/mol. The van der Waals surface area contributed by atoms with E-state index in [-0.39, 0.29) is 5.60 Å². The maximum absolute atomic E-state index is 12.6. The predicted octanol–water partition coefficient (Wildman–Crippen LogP) is 3.70. The highest BCUT2D eigenvalue weighted by Gasteiger charge is 2.39. The Morgan fingerprint density at radius 1 is 1.25 bits per heavy atom. The van der Waals surface area contributed by atoms with E-state index in [0.29, 0.717) is 24.8 Å². The lowest BCUT2D eigenvalue weighted by Gasteiger charge is -2.45. The summed E-state index contributed by atoms with van der Waals surface area (Å²) in [7, 11) is 0. The molecule has 0 amide bonds. The molecular weight excluding hydrogens is 289 g/mol. The Bertz CT molecular complexity index is 463. The van der Waals surface area contributed by atoms with Gasteiger partial charge in [0.1, 0.15) is 4.88 Å². The molecule has 20 heavy (non-hydrogen) atoms. The van der Waals surface area contributed by atoms with Crippen LogP contribution in [0.3, 0.4) is 0 Å². The maximum Gasteiger partial charge on any atom is 0.427 e. The van der Waals surface area contributed by atoms with E-state index in [1.54, 1.807) is 0 Å². The first kappa shape index (κ1) is 14.1. The zero-order valence-electron chi connectivity index (χ0n) is 11.1. The van der Waals surface area contributed by atoms with Crippen LogP contribution in [-0.2, 0) is 10.9 Å². The van der Waals surface area contributed by atoms with Gasteiger partial charge < -0.3 is 9.64 Å².